The van der Waals surface area contributed by atoms with Crippen molar-refractivity contribution in [2.45, 2.75) is 6.54 Å². The molecule has 0 amide bonds. The molecule has 0 aliphatic rings. The van der Waals surface area contributed by atoms with Crippen molar-refractivity contribution in [2.24, 2.45) is 0 Å². The largest absolute Gasteiger partial charge is 0.490 e. The summed E-state index contributed by atoms with van der Waals surface area (Å²) >= 11 is 0. The number of benzene rings is 1. The zero-order chi connectivity index (χ0) is 12.1. The Bertz CT molecular complexity index is 528. The van der Waals surface area contributed by atoms with E-state index in [4.69, 9.17) is 15.7 Å². The number of nitriles is 1. The Morgan fingerprint density at radius 1 is 1.47 bits per heavy atom. The van der Waals surface area contributed by atoms with Crippen molar-refractivity contribution in [3.63, 3.8) is 0 Å². The van der Waals surface area contributed by atoms with Crippen molar-refractivity contribution >= 4 is 5.69 Å². The van der Waals surface area contributed by atoms with E-state index in [0.717, 1.165) is 0 Å². The standard InChI is InChI=1S/C12H12N4O/c13-9-10-8-11(14)2-3-12(10)17-7-6-16-5-1-4-15-16/h1-5,8H,6-7,14H2. The molecule has 0 saturated carbocycles. The van der Waals surface area contributed by atoms with Gasteiger partial charge in [-0.3, -0.25) is 4.68 Å². The molecule has 1 aromatic heterocycles. The Morgan fingerprint density at radius 2 is 2.35 bits per heavy atom. The Balaban J connectivity index is 1.97. The topological polar surface area (TPSA) is 76.9 Å². The van der Waals surface area contributed by atoms with Crippen LogP contribution in [0.4, 0.5) is 5.69 Å². The number of rotatable bonds is 4. The minimum absolute atomic E-state index is 0.450. The molecule has 0 bridgehead atoms. The van der Waals surface area contributed by atoms with Gasteiger partial charge in [0.1, 0.15) is 18.4 Å². The molecule has 1 aromatic carbocycles. The van der Waals surface area contributed by atoms with Gasteiger partial charge in [-0.15, -0.1) is 0 Å². The Kier molecular flexibility index (Phi) is 3.26. The third kappa shape index (κ3) is 2.75. The van der Waals surface area contributed by atoms with Gasteiger partial charge in [-0.05, 0) is 24.3 Å². The van der Waals surface area contributed by atoms with E-state index in [1.54, 1.807) is 29.1 Å². The fourth-order valence-electron chi connectivity index (χ4n) is 1.44. The third-order valence-electron chi connectivity index (χ3n) is 2.26. The average molecular weight is 228 g/mol. The molecule has 5 heteroatoms. The SMILES string of the molecule is N#Cc1cc(N)ccc1OCCn1cccn1. The lowest BCUT2D eigenvalue weighted by atomic mass is 10.2. The van der Waals surface area contributed by atoms with Gasteiger partial charge in [-0.25, -0.2) is 0 Å². The Labute approximate surface area is 99.0 Å². The van der Waals surface area contributed by atoms with Crippen molar-refractivity contribution in [3.8, 4) is 11.8 Å². The summed E-state index contributed by atoms with van der Waals surface area (Å²) in [5, 5.41) is 13.0. The van der Waals surface area contributed by atoms with Crippen LogP contribution < -0.4 is 10.5 Å². The number of hydrogen-bond acceptors (Lipinski definition) is 4. The van der Waals surface area contributed by atoms with E-state index in [1.165, 1.54) is 0 Å². The van der Waals surface area contributed by atoms with Gasteiger partial charge in [0.05, 0.1) is 12.1 Å². The van der Waals surface area contributed by atoms with E-state index in [9.17, 15) is 0 Å². The van der Waals surface area contributed by atoms with E-state index in [2.05, 4.69) is 11.2 Å². The van der Waals surface area contributed by atoms with Crippen LogP contribution in [0.15, 0.2) is 36.7 Å². The van der Waals surface area contributed by atoms with Crippen molar-refractivity contribution in [1.82, 2.24) is 9.78 Å². The number of ether oxygens (including phenoxy) is 1. The third-order valence-corrected chi connectivity index (χ3v) is 2.26. The summed E-state index contributed by atoms with van der Waals surface area (Å²) in [7, 11) is 0. The van der Waals surface area contributed by atoms with Crippen molar-refractivity contribution in [2.75, 3.05) is 12.3 Å². The van der Waals surface area contributed by atoms with Gasteiger partial charge >= 0.3 is 0 Å². The van der Waals surface area contributed by atoms with E-state index >= 15 is 0 Å². The average Bonchev–Trinajstić information content (AvgIpc) is 2.84. The van der Waals surface area contributed by atoms with E-state index < -0.39 is 0 Å². The van der Waals surface area contributed by atoms with Crippen LogP contribution >= 0.6 is 0 Å². The molecule has 1 heterocycles. The van der Waals surface area contributed by atoms with Crippen LogP contribution in [0.25, 0.3) is 0 Å². The monoisotopic (exact) mass is 228 g/mol. The smallest absolute Gasteiger partial charge is 0.137 e. The molecule has 0 aliphatic heterocycles. The lowest BCUT2D eigenvalue weighted by Gasteiger charge is -2.08. The maximum absolute atomic E-state index is 8.92. The summed E-state index contributed by atoms with van der Waals surface area (Å²) in [5.74, 6) is 0.550. The van der Waals surface area contributed by atoms with Crippen LogP contribution in [0.1, 0.15) is 5.56 Å². The lowest BCUT2D eigenvalue weighted by molar-refractivity contribution is 0.290. The van der Waals surface area contributed by atoms with Crippen molar-refractivity contribution in [3.05, 3.63) is 42.2 Å². The first-order chi connectivity index (χ1) is 8.29. The highest BCUT2D eigenvalue weighted by molar-refractivity contribution is 5.53. The van der Waals surface area contributed by atoms with E-state index in [1.807, 2.05) is 12.3 Å². The molecule has 0 spiro atoms. The molecule has 2 N–H and O–H groups in total. The van der Waals surface area contributed by atoms with Gasteiger partial charge in [0, 0.05) is 18.1 Å². The lowest BCUT2D eigenvalue weighted by Crippen LogP contribution is -2.09. The number of anilines is 1. The number of nitrogens with zero attached hydrogens (tertiary/aromatic N) is 3. The first-order valence-corrected chi connectivity index (χ1v) is 5.19. The summed E-state index contributed by atoms with van der Waals surface area (Å²) in [6, 6.07) is 8.92. The molecular weight excluding hydrogens is 216 g/mol. The molecule has 2 rings (SSSR count). The predicted octanol–water partition coefficient (Wildman–Crippen LogP) is 1.42. The Morgan fingerprint density at radius 3 is 3.06 bits per heavy atom. The minimum Gasteiger partial charge on any atom is -0.490 e. The normalized spacial score (nSPS) is 9.82. The molecule has 17 heavy (non-hydrogen) atoms. The Hall–Kier alpha value is -2.48. The second-order valence-electron chi connectivity index (χ2n) is 3.48. The molecular formula is C12H12N4O. The van der Waals surface area contributed by atoms with Crippen LogP contribution in [0.5, 0.6) is 5.75 Å². The molecule has 0 unspecified atom stereocenters. The molecule has 0 aliphatic carbocycles. The van der Waals surface area contributed by atoms with Crippen molar-refractivity contribution < 1.29 is 4.74 Å². The summed E-state index contributed by atoms with van der Waals surface area (Å²) in [5.41, 5.74) is 6.59. The quantitative estimate of drug-likeness (QED) is 0.803. The number of nitrogens with two attached hydrogens (primary N) is 1. The second kappa shape index (κ2) is 5.03. The van der Waals surface area contributed by atoms with E-state index in [-0.39, 0.29) is 0 Å². The van der Waals surface area contributed by atoms with Gasteiger partial charge in [0.15, 0.2) is 0 Å². The molecule has 5 nitrogen and oxygen atoms in total. The first-order valence-electron chi connectivity index (χ1n) is 5.19. The van der Waals surface area contributed by atoms with Gasteiger partial charge in [0.2, 0.25) is 0 Å². The molecule has 2 aromatic rings. The van der Waals surface area contributed by atoms with Crippen LogP contribution in [0.3, 0.4) is 0 Å². The van der Waals surface area contributed by atoms with Gasteiger partial charge < -0.3 is 10.5 Å². The highest BCUT2D eigenvalue weighted by atomic mass is 16.5. The predicted molar refractivity (Wildman–Crippen MR) is 63.3 cm³/mol. The fourth-order valence-corrected chi connectivity index (χ4v) is 1.44. The fraction of sp³-hybridized carbons (Fsp3) is 0.167. The number of aromatic nitrogens is 2. The zero-order valence-electron chi connectivity index (χ0n) is 9.21. The van der Waals surface area contributed by atoms with Crippen LogP contribution in [0, 0.1) is 11.3 Å². The van der Waals surface area contributed by atoms with Crippen LogP contribution in [-0.2, 0) is 6.54 Å². The van der Waals surface area contributed by atoms with Gasteiger partial charge in [-0.2, -0.15) is 10.4 Å². The first kappa shape index (κ1) is 11.0. The summed E-state index contributed by atoms with van der Waals surface area (Å²) in [6.45, 7) is 1.10. The number of nitrogen functional groups attached to an aromatic ring is 1. The highest BCUT2D eigenvalue weighted by Crippen LogP contribution is 2.20. The maximum Gasteiger partial charge on any atom is 0.137 e. The molecule has 0 fully saturated rings. The molecule has 0 atom stereocenters. The van der Waals surface area contributed by atoms with Gasteiger partial charge in [-0.1, -0.05) is 0 Å². The second-order valence-corrected chi connectivity index (χ2v) is 3.48. The molecule has 0 saturated heterocycles. The zero-order valence-corrected chi connectivity index (χ0v) is 9.21. The highest BCUT2D eigenvalue weighted by Gasteiger charge is 2.03. The molecule has 86 valence electrons. The summed E-state index contributed by atoms with van der Waals surface area (Å²) in [4.78, 5) is 0. The van der Waals surface area contributed by atoms with Crippen LogP contribution in [-0.4, -0.2) is 16.4 Å². The van der Waals surface area contributed by atoms with E-state index in [0.29, 0.717) is 30.2 Å². The van der Waals surface area contributed by atoms with Crippen molar-refractivity contribution in [1.29, 1.82) is 5.26 Å². The molecule has 0 radical (unpaired) electrons. The van der Waals surface area contributed by atoms with Gasteiger partial charge in [0.25, 0.3) is 0 Å². The minimum atomic E-state index is 0.450. The number of hydrogen-bond donors (Lipinski definition) is 1. The van der Waals surface area contributed by atoms with Crippen LogP contribution in [0.2, 0.25) is 0 Å². The summed E-state index contributed by atoms with van der Waals surface area (Å²) in [6.07, 6.45) is 3.57. The summed E-state index contributed by atoms with van der Waals surface area (Å²) < 4.78 is 7.28. The maximum atomic E-state index is 8.92.